The van der Waals surface area contributed by atoms with E-state index in [1.54, 1.807) is 36.5 Å². The van der Waals surface area contributed by atoms with Crippen LogP contribution in [0.2, 0.25) is 0 Å². The molecule has 31 heavy (non-hydrogen) atoms. The molecule has 10 heteroatoms. The molecule has 2 N–H and O–H groups in total. The molecule has 0 amide bonds. The zero-order valence-electron chi connectivity index (χ0n) is 16.9. The van der Waals surface area contributed by atoms with Crippen molar-refractivity contribution in [1.29, 1.82) is 0 Å². The first-order valence-electron chi connectivity index (χ1n) is 9.69. The van der Waals surface area contributed by atoms with Gasteiger partial charge in [-0.25, -0.2) is 13.4 Å². The van der Waals surface area contributed by atoms with E-state index in [-0.39, 0.29) is 10.6 Å². The molecule has 1 saturated heterocycles. The first-order chi connectivity index (χ1) is 15.0. The summed E-state index contributed by atoms with van der Waals surface area (Å²) in [5.74, 6) is 0.426. The van der Waals surface area contributed by atoms with Crippen LogP contribution in [-0.4, -0.2) is 49.2 Å². The molecule has 4 rings (SSSR count). The number of hydrogen-bond donors (Lipinski definition) is 2. The van der Waals surface area contributed by atoms with Crippen molar-refractivity contribution in [2.24, 2.45) is 5.10 Å². The lowest BCUT2D eigenvalue weighted by Crippen LogP contribution is -2.27. The fraction of sp³-hybridized carbons (Fsp3) is 0.238. The van der Waals surface area contributed by atoms with Gasteiger partial charge in [-0.15, -0.1) is 11.3 Å². The second kappa shape index (κ2) is 9.04. The van der Waals surface area contributed by atoms with Gasteiger partial charge in [0.1, 0.15) is 0 Å². The third-order valence-electron chi connectivity index (χ3n) is 4.91. The van der Waals surface area contributed by atoms with Crippen molar-refractivity contribution < 1.29 is 18.3 Å². The number of hydrogen-bond acceptors (Lipinski definition) is 8. The molecule has 2 heterocycles. The van der Waals surface area contributed by atoms with Gasteiger partial charge in [0.25, 0.3) is 0 Å². The lowest BCUT2D eigenvalue weighted by Gasteiger charge is -2.15. The molecule has 1 aliphatic heterocycles. The van der Waals surface area contributed by atoms with E-state index in [1.165, 1.54) is 28.8 Å². The minimum absolute atomic E-state index is 0.0613. The Balaban J connectivity index is 1.48. The van der Waals surface area contributed by atoms with Gasteiger partial charge in [-0.2, -0.15) is 9.41 Å². The first kappa shape index (κ1) is 21.3. The highest BCUT2D eigenvalue weighted by atomic mass is 32.2. The smallest absolute Gasteiger partial charge is 0.243 e. The van der Waals surface area contributed by atoms with E-state index in [0.717, 1.165) is 24.0 Å². The van der Waals surface area contributed by atoms with Gasteiger partial charge in [0.2, 0.25) is 15.2 Å². The summed E-state index contributed by atoms with van der Waals surface area (Å²) in [7, 11) is -1.99. The van der Waals surface area contributed by atoms with E-state index in [0.29, 0.717) is 29.7 Å². The Bertz CT molecular complexity index is 1200. The van der Waals surface area contributed by atoms with Crippen LogP contribution in [0.3, 0.4) is 0 Å². The van der Waals surface area contributed by atoms with Crippen molar-refractivity contribution in [3.63, 3.8) is 0 Å². The summed E-state index contributed by atoms with van der Waals surface area (Å²) in [6.45, 7) is 1.14. The third kappa shape index (κ3) is 4.71. The summed E-state index contributed by atoms with van der Waals surface area (Å²) in [4.78, 5) is 4.79. The number of aromatic hydroxyl groups is 1. The Morgan fingerprint density at radius 3 is 2.81 bits per heavy atom. The number of benzene rings is 2. The number of methoxy groups -OCH3 is 1. The normalized spacial score (nSPS) is 14.9. The predicted octanol–water partition coefficient (Wildman–Crippen LogP) is 3.75. The van der Waals surface area contributed by atoms with Crippen molar-refractivity contribution in [2.45, 2.75) is 17.7 Å². The number of phenols is 1. The Labute approximate surface area is 184 Å². The average molecular weight is 459 g/mol. The molecule has 0 unspecified atom stereocenters. The molecule has 0 spiro atoms. The first-order valence-corrected chi connectivity index (χ1v) is 12.0. The maximum Gasteiger partial charge on any atom is 0.243 e. The second-order valence-corrected chi connectivity index (χ2v) is 9.77. The molecule has 1 fully saturated rings. The number of nitrogens with zero attached hydrogens (tertiary/aromatic N) is 3. The largest absolute Gasteiger partial charge is 0.504 e. The molecule has 0 bridgehead atoms. The number of rotatable bonds is 7. The number of hydrazone groups is 1. The average Bonchev–Trinajstić information content (AvgIpc) is 3.48. The van der Waals surface area contributed by atoms with E-state index < -0.39 is 10.0 Å². The van der Waals surface area contributed by atoms with E-state index >= 15 is 0 Å². The molecule has 1 aliphatic rings. The summed E-state index contributed by atoms with van der Waals surface area (Å²) >= 11 is 1.37. The van der Waals surface area contributed by atoms with Crippen LogP contribution in [0.25, 0.3) is 11.3 Å². The summed E-state index contributed by atoms with van der Waals surface area (Å²) in [5.41, 5.74) is 5.03. The Kier molecular flexibility index (Phi) is 6.21. The standard InChI is InChI=1S/C21H22N4O4S2/c1-29-20-11-15(7-8-19(20)26)13-22-24-21-23-18(14-30-21)16-5-4-6-17(12-16)31(27,28)25-9-2-3-10-25/h4-8,11-14,26H,2-3,9-10H2,1H3,(H,23,24). The minimum atomic E-state index is -3.47. The maximum absolute atomic E-state index is 12.8. The van der Waals surface area contributed by atoms with Crippen molar-refractivity contribution in [3.05, 3.63) is 53.4 Å². The second-order valence-electron chi connectivity index (χ2n) is 6.98. The summed E-state index contributed by atoms with van der Waals surface area (Å²) in [6, 6.07) is 11.8. The number of thiazole rings is 1. The predicted molar refractivity (Wildman–Crippen MR) is 121 cm³/mol. The Morgan fingerprint density at radius 1 is 1.23 bits per heavy atom. The summed E-state index contributed by atoms with van der Waals surface area (Å²) < 4.78 is 32.3. The van der Waals surface area contributed by atoms with Crippen LogP contribution in [0.5, 0.6) is 11.5 Å². The van der Waals surface area contributed by atoms with E-state index in [9.17, 15) is 13.5 Å². The molecule has 0 aliphatic carbocycles. The van der Waals surface area contributed by atoms with Gasteiger partial charge < -0.3 is 9.84 Å². The molecule has 0 saturated carbocycles. The van der Waals surface area contributed by atoms with Crippen LogP contribution >= 0.6 is 11.3 Å². The Morgan fingerprint density at radius 2 is 2.03 bits per heavy atom. The Hall–Kier alpha value is -2.95. The van der Waals surface area contributed by atoms with E-state index in [1.807, 2.05) is 11.4 Å². The minimum Gasteiger partial charge on any atom is -0.504 e. The monoisotopic (exact) mass is 458 g/mol. The van der Waals surface area contributed by atoms with Gasteiger partial charge in [0.05, 0.1) is 23.9 Å². The van der Waals surface area contributed by atoms with Crippen LogP contribution < -0.4 is 10.2 Å². The number of nitrogens with one attached hydrogen (secondary N) is 1. The maximum atomic E-state index is 12.8. The molecular weight excluding hydrogens is 436 g/mol. The molecule has 0 atom stereocenters. The molecule has 0 radical (unpaired) electrons. The lowest BCUT2D eigenvalue weighted by molar-refractivity contribution is 0.373. The van der Waals surface area contributed by atoms with Gasteiger partial charge in [-0.3, -0.25) is 5.43 Å². The highest BCUT2D eigenvalue weighted by Gasteiger charge is 2.27. The number of phenolic OH excluding ortho intramolecular Hbond substituents is 1. The van der Waals surface area contributed by atoms with Crippen LogP contribution in [0.15, 0.2) is 57.8 Å². The van der Waals surface area contributed by atoms with Crippen LogP contribution in [-0.2, 0) is 10.0 Å². The van der Waals surface area contributed by atoms with Gasteiger partial charge in [-0.1, -0.05) is 12.1 Å². The molecule has 3 aromatic rings. The zero-order chi connectivity index (χ0) is 21.8. The highest BCUT2D eigenvalue weighted by Crippen LogP contribution is 2.29. The molecular formula is C21H22N4O4S2. The number of sulfonamides is 1. The fourth-order valence-corrected chi connectivity index (χ4v) is 5.52. The van der Waals surface area contributed by atoms with Gasteiger partial charge in [0, 0.05) is 24.0 Å². The summed E-state index contributed by atoms with van der Waals surface area (Å²) in [6.07, 6.45) is 3.39. The van der Waals surface area contributed by atoms with E-state index in [2.05, 4.69) is 15.5 Å². The number of aromatic nitrogens is 1. The zero-order valence-corrected chi connectivity index (χ0v) is 18.5. The van der Waals surface area contributed by atoms with Crippen LogP contribution in [0.4, 0.5) is 5.13 Å². The van der Waals surface area contributed by atoms with Crippen LogP contribution in [0, 0.1) is 0 Å². The topological polar surface area (TPSA) is 104 Å². The quantitative estimate of drug-likeness (QED) is 0.413. The van der Waals surface area contributed by atoms with Crippen molar-refractivity contribution in [3.8, 4) is 22.8 Å². The van der Waals surface area contributed by atoms with Crippen molar-refractivity contribution in [1.82, 2.24) is 9.29 Å². The fourth-order valence-electron chi connectivity index (χ4n) is 3.29. The molecule has 1 aromatic heterocycles. The van der Waals surface area contributed by atoms with Crippen molar-refractivity contribution >= 4 is 32.7 Å². The SMILES string of the molecule is COc1cc(C=NNc2nc(-c3cccc(S(=O)(=O)N4CCCC4)c3)cs2)ccc1O. The molecule has 162 valence electrons. The van der Waals surface area contributed by atoms with Crippen LogP contribution in [0.1, 0.15) is 18.4 Å². The lowest BCUT2D eigenvalue weighted by atomic mass is 10.2. The third-order valence-corrected chi connectivity index (χ3v) is 7.56. The van der Waals surface area contributed by atoms with Gasteiger partial charge in [-0.05, 0) is 48.7 Å². The van der Waals surface area contributed by atoms with E-state index in [4.69, 9.17) is 4.74 Å². The van der Waals surface area contributed by atoms with Gasteiger partial charge in [0.15, 0.2) is 11.5 Å². The highest BCUT2D eigenvalue weighted by molar-refractivity contribution is 7.89. The van der Waals surface area contributed by atoms with Crippen molar-refractivity contribution in [2.75, 3.05) is 25.6 Å². The number of anilines is 1. The molecule has 8 nitrogen and oxygen atoms in total. The summed E-state index contributed by atoms with van der Waals surface area (Å²) in [5, 5.41) is 16.2. The van der Waals surface area contributed by atoms with Gasteiger partial charge >= 0.3 is 0 Å². The molecule has 2 aromatic carbocycles. The number of ether oxygens (including phenoxy) is 1.